The molecule has 0 amide bonds. The molecule has 0 aliphatic heterocycles. The fourth-order valence-corrected chi connectivity index (χ4v) is 4.32. The topological polar surface area (TPSA) is 64.9 Å². The molecule has 31 heavy (non-hydrogen) atoms. The third-order valence-corrected chi connectivity index (χ3v) is 5.85. The fraction of sp³-hybridized carbons (Fsp3) is 0.292. The van der Waals surface area contributed by atoms with Crippen molar-refractivity contribution in [2.45, 2.75) is 38.1 Å². The Morgan fingerprint density at radius 3 is 2.74 bits per heavy atom. The molecule has 0 saturated heterocycles. The van der Waals surface area contributed by atoms with E-state index in [1.807, 2.05) is 35.1 Å². The van der Waals surface area contributed by atoms with Gasteiger partial charge in [-0.25, -0.2) is 14.4 Å². The summed E-state index contributed by atoms with van der Waals surface area (Å²) in [4.78, 5) is 9.09. The minimum absolute atomic E-state index is 0.341. The van der Waals surface area contributed by atoms with Gasteiger partial charge in [0.05, 0.1) is 30.6 Å². The van der Waals surface area contributed by atoms with Crippen molar-refractivity contribution in [2.75, 3.05) is 12.4 Å². The second-order valence-corrected chi connectivity index (χ2v) is 7.91. The molecule has 0 bridgehead atoms. The highest BCUT2D eigenvalue weighted by molar-refractivity contribution is 5.95. The van der Waals surface area contributed by atoms with Crippen molar-refractivity contribution in [1.82, 2.24) is 19.7 Å². The third kappa shape index (κ3) is 3.95. The van der Waals surface area contributed by atoms with Crippen molar-refractivity contribution in [3.63, 3.8) is 0 Å². The zero-order valence-corrected chi connectivity index (χ0v) is 17.4. The van der Waals surface area contributed by atoms with E-state index in [-0.39, 0.29) is 5.82 Å². The number of benzene rings is 2. The number of ether oxygens (including phenoxy) is 1. The van der Waals surface area contributed by atoms with Crippen molar-refractivity contribution in [3.05, 3.63) is 60.8 Å². The standard InChI is InChI=1S/C24H24FN5O/c1-31-22-10-6-5-9-20(22)21-12-17(25)11-16-13-26-24(29-23(16)21)28-18-14-27-30(15-18)19-7-3-2-4-8-19/h5-6,9-15,19H,2-4,7-8H2,1H3,(H,26,28,29). The molecular formula is C24H24FN5O. The Hall–Kier alpha value is -3.48. The molecule has 7 heteroatoms. The summed E-state index contributed by atoms with van der Waals surface area (Å²) in [6.45, 7) is 0. The largest absolute Gasteiger partial charge is 0.496 e. The summed E-state index contributed by atoms with van der Waals surface area (Å²) in [6, 6.07) is 10.9. The van der Waals surface area contributed by atoms with Crippen molar-refractivity contribution in [1.29, 1.82) is 0 Å². The zero-order valence-electron chi connectivity index (χ0n) is 17.4. The third-order valence-electron chi connectivity index (χ3n) is 5.85. The van der Waals surface area contributed by atoms with Crippen LogP contribution >= 0.6 is 0 Å². The highest BCUT2D eigenvalue weighted by Gasteiger charge is 2.17. The molecule has 6 nitrogen and oxygen atoms in total. The lowest BCUT2D eigenvalue weighted by Gasteiger charge is -2.21. The van der Waals surface area contributed by atoms with Gasteiger partial charge in [-0.15, -0.1) is 0 Å². The van der Waals surface area contributed by atoms with Gasteiger partial charge in [-0.05, 0) is 31.0 Å². The van der Waals surface area contributed by atoms with Crippen molar-refractivity contribution in [3.8, 4) is 16.9 Å². The summed E-state index contributed by atoms with van der Waals surface area (Å²) >= 11 is 0. The molecule has 1 aliphatic carbocycles. The highest BCUT2D eigenvalue weighted by atomic mass is 19.1. The maximum absolute atomic E-state index is 14.3. The summed E-state index contributed by atoms with van der Waals surface area (Å²) in [6.07, 6.45) is 11.6. The molecule has 1 aliphatic rings. The van der Waals surface area contributed by atoms with Crippen LogP contribution in [-0.4, -0.2) is 26.9 Å². The molecule has 2 aromatic carbocycles. The van der Waals surface area contributed by atoms with E-state index in [4.69, 9.17) is 9.72 Å². The first kappa shape index (κ1) is 19.5. The number of nitrogens with zero attached hydrogens (tertiary/aromatic N) is 4. The molecule has 5 rings (SSSR count). The summed E-state index contributed by atoms with van der Waals surface area (Å²) in [7, 11) is 1.60. The lowest BCUT2D eigenvalue weighted by Crippen LogP contribution is -2.12. The van der Waals surface area contributed by atoms with Gasteiger partial charge in [0.25, 0.3) is 0 Å². The average Bonchev–Trinajstić information content (AvgIpc) is 3.28. The molecule has 0 unspecified atom stereocenters. The Morgan fingerprint density at radius 2 is 1.90 bits per heavy atom. The molecular weight excluding hydrogens is 393 g/mol. The number of rotatable bonds is 5. The normalized spacial score (nSPS) is 14.6. The Labute approximate surface area is 180 Å². The second kappa shape index (κ2) is 8.34. The number of hydrogen-bond acceptors (Lipinski definition) is 5. The van der Waals surface area contributed by atoms with E-state index in [2.05, 4.69) is 15.4 Å². The van der Waals surface area contributed by atoms with E-state index in [0.29, 0.717) is 34.2 Å². The molecule has 1 saturated carbocycles. The SMILES string of the molecule is COc1ccccc1-c1cc(F)cc2cnc(Nc3cnn(C4CCCCC4)c3)nc12. The van der Waals surface area contributed by atoms with Crippen molar-refractivity contribution < 1.29 is 9.13 Å². The van der Waals surface area contributed by atoms with Gasteiger partial charge in [0.2, 0.25) is 5.95 Å². The number of aromatic nitrogens is 4. The van der Waals surface area contributed by atoms with Gasteiger partial charge in [-0.2, -0.15) is 5.10 Å². The van der Waals surface area contributed by atoms with Gasteiger partial charge >= 0.3 is 0 Å². The minimum atomic E-state index is -0.341. The fourth-order valence-electron chi connectivity index (χ4n) is 4.32. The van der Waals surface area contributed by atoms with Crippen LogP contribution in [0.5, 0.6) is 5.75 Å². The number of halogens is 1. The average molecular weight is 417 g/mol. The molecule has 0 atom stereocenters. The van der Waals surface area contributed by atoms with Gasteiger partial charge in [-0.1, -0.05) is 37.5 Å². The number of anilines is 2. The van der Waals surface area contributed by atoms with Crippen molar-refractivity contribution in [2.24, 2.45) is 0 Å². The van der Waals surface area contributed by atoms with Gasteiger partial charge in [0, 0.05) is 28.9 Å². The number of hydrogen-bond donors (Lipinski definition) is 1. The number of methoxy groups -OCH3 is 1. The first-order chi connectivity index (χ1) is 15.2. The van der Waals surface area contributed by atoms with Crippen LogP contribution in [0, 0.1) is 5.82 Å². The molecule has 1 N–H and O–H groups in total. The number of para-hydroxylation sites is 1. The Morgan fingerprint density at radius 1 is 1.06 bits per heavy atom. The summed E-state index contributed by atoms with van der Waals surface area (Å²) in [5.74, 6) is 0.765. The predicted molar refractivity (Wildman–Crippen MR) is 119 cm³/mol. The maximum atomic E-state index is 14.3. The molecule has 158 valence electrons. The maximum Gasteiger partial charge on any atom is 0.227 e. The van der Waals surface area contributed by atoms with Crippen LogP contribution in [0.3, 0.4) is 0 Å². The monoisotopic (exact) mass is 417 g/mol. The smallest absolute Gasteiger partial charge is 0.227 e. The lowest BCUT2D eigenvalue weighted by molar-refractivity contribution is 0.329. The second-order valence-electron chi connectivity index (χ2n) is 7.91. The van der Waals surface area contributed by atoms with Crippen LogP contribution in [0.25, 0.3) is 22.0 Å². The molecule has 1 fully saturated rings. The Balaban J connectivity index is 1.50. The first-order valence-corrected chi connectivity index (χ1v) is 10.6. The van der Waals surface area contributed by atoms with Crippen LogP contribution in [-0.2, 0) is 0 Å². The van der Waals surface area contributed by atoms with Crippen molar-refractivity contribution >= 4 is 22.5 Å². The Bertz CT molecular complexity index is 1220. The van der Waals surface area contributed by atoms with Gasteiger partial charge in [0.15, 0.2) is 0 Å². The number of fused-ring (bicyclic) bond motifs is 1. The van der Waals surface area contributed by atoms with Gasteiger partial charge in [0.1, 0.15) is 11.6 Å². The molecule has 0 spiro atoms. The van der Waals surface area contributed by atoms with Crippen LogP contribution < -0.4 is 10.1 Å². The molecule has 0 radical (unpaired) electrons. The van der Waals surface area contributed by atoms with E-state index < -0.39 is 0 Å². The minimum Gasteiger partial charge on any atom is -0.496 e. The Kier molecular flexibility index (Phi) is 5.24. The van der Waals surface area contributed by atoms with Crippen LogP contribution in [0.1, 0.15) is 38.1 Å². The zero-order chi connectivity index (χ0) is 21.2. The molecule has 2 aromatic heterocycles. The van der Waals surface area contributed by atoms with E-state index >= 15 is 0 Å². The highest BCUT2D eigenvalue weighted by Crippen LogP contribution is 2.35. The predicted octanol–water partition coefficient (Wildman–Crippen LogP) is 5.89. The lowest BCUT2D eigenvalue weighted by atomic mass is 9.96. The van der Waals surface area contributed by atoms with E-state index in [9.17, 15) is 4.39 Å². The number of nitrogens with one attached hydrogen (secondary N) is 1. The summed E-state index contributed by atoms with van der Waals surface area (Å²) in [5, 5.41) is 8.41. The van der Waals surface area contributed by atoms with Gasteiger partial charge in [-0.3, -0.25) is 4.68 Å². The quantitative estimate of drug-likeness (QED) is 0.439. The summed E-state index contributed by atoms with van der Waals surface area (Å²) < 4.78 is 21.8. The van der Waals surface area contributed by atoms with Crippen LogP contribution in [0.4, 0.5) is 16.0 Å². The van der Waals surface area contributed by atoms with E-state index in [0.717, 1.165) is 11.3 Å². The molecule has 2 heterocycles. The van der Waals surface area contributed by atoms with Crippen LogP contribution in [0.15, 0.2) is 55.0 Å². The summed E-state index contributed by atoms with van der Waals surface area (Å²) in [5.41, 5.74) is 2.94. The van der Waals surface area contributed by atoms with Gasteiger partial charge < -0.3 is 10.1 Å². The van der Waals surface area contributed by atoms with E-state index in [1.54, 1.807) is 19.5 Å². The van der Waals surface area contributed by atoms with E-state index in [1.165, 1.54) is 44.2 Å². The first-order valence-electron chi connectivity index (χ1n) is 10.6. The molecule has 4 aromatic rings. The van der Waals surface area contributed by atoms with Crippen LogP contribution in [0.2, 0.25) is 0 Å².